The maximum atomic E-state index is 10.9. The van der Waals surface area contributed by atoms with Crippen molar-refractivity contribution in [1.82, 2.24) is 20.0 Å². The molecular weight excluding hydrogens is 216 g/mol. The molecule has 2 aliphatic rings. The van der Waals surface area contributed by atoms with Gasteiger partial charge in [0.25, 0.3) is 0 Å². The first-order valence-corrected chi connectivity index (χ1v) is 4.97. The molecule has 2 aliphatic heterocycles. The van der Waals surface area contributed by atoms with Gasteiger partial charge in [0.15, 0.2) is 11.2 Å². The van der Waals surface area contributed by atoms with Crippen LogP contribution in [0.25, 0.3) is 0 Å². The van der Waals surface area contributed by atoms with Gasteiger partial charge in [-0.05, 0) is 0 Å². The molecule has 2 rings (SSSR count). The van der Waals surface area contributed by atoms with E-state index in [9.17, 15) is 10.1 Å². The lowest BCUT2D eigenvalue weighted by molar-refractivity contribution is -0.677. The summed E-state index contributed by atoms with van der Waals surface area (Å²) in [4.78, 5) is 10.9. The van der Waals surface area contributed by atoms with Crippen LogP contribution in [0.3, 0.4) is 0 Å². The summed E-state index contributed by atoms with van der Waals surface area (Å²) in [5.41, 5.74) is 0. The summed E-state index contributed by atoms with van der Waals surface area (Å²) < 4.78 is 0. The van der Waals surface area contributed by atoms with E-state index in [0.717, 1.165) is 5.01 Å². The van der Waals surface area contributed by atoms with Crippen LogP contribution in [0.2, 0.25) is 0 Å². The van der Waals surface area contributed by atoms with Gasteiger partial charge in [0, 0.05) is 19.6 Å². The SMILES string of the molecule is NN1CCN(N)C2C1N(N)CCN2[N+](=O)[O-]. The second-order valence-electron chi connectivity index (χ2n) is 3.94. The third-order valence-electron chi connectivity index (χ3n) is 3.00. The van der Waals surface area contributed by atoms with Crippen molar-refractivity contribution in [2.75, 3.05) is 26.2 Å². The molecule has 2 saturated heterocycles. The number of nitrogens with two attached hydrogens (primary N) is 3. The van der Waals surface area contributed by atoms with Crippen molar-refractivity contribution in [3.8, 4) is 0 Å². The Hall–Kier alpha value is -1.04. The predicted molar refractivity (Wildman–Crippen MR) is 54.0 cm³/mol. The van der Waals surface area contributed by atoms with E-state index in [2.05, 4.69) is 0 Å². The summed E-state index contributed by atoms with van der Waals surface area (Å²) in [6, 6.07) is 0. The van der Waals surface area contributed by atoms with Gasteiger partial charge in [0.1, 0.15) is 6.17 Å². The molecule has 16 heavy (non-hydrogen) atoms. The minimum absolute atomic E-state index is 0.228. The van der Waals surface area contributed by atoms with E-state index in [1.807, 2.05) is 0 Å². The normalized spacial score (nSPS) is 33.8. The number of piperazine rings is 2. The van der Waals surface area contributed by atoms with Crippen LogP contribution in [0.15, 0.2) is 0 Å². The van der Waals surface area contributed by atoms with Gasteiger partial charge >= 0.3 is 0 Å². The fraction of sp³-hybridized carbons (Fsp3) is 1.00. The van der Waals surface area contributed by atoms with E-state index in [-0.39, 0.29) is 6.54 Å². The van der Waals surface area contributed by atoms with Gasteiger partial charge in [0.2, 0.25) is 0 Å². The number of hydrogen-bond donors (Lipinski definition) is 3. The molecule has 2 heterocycles. The molecule has 2 atom stereocenters. The predicted octanol–water partition coefficient (Wildman–Crippen LogP) is -3.31. The Morgan fingerprint density at radius 3 is 1.88 bits per heavy atom. The zero-order valence-corrected chi connectivity index (χ0v) is 8.77. The van der Waals surface area contributed by atoms with Crippen LogP contribution >= 0.6 is 0 Å². The summed E-state index contributed by atoms with van der Waals surface area (Å²) in [6.07, 6.45) is -1.08. The van der Waals surface area contributed by atoms with Crippen LogP contribution < -0.4 is 17.5 Å². The van der Waals surface area contributed by atoms with Crippen LogP contribution in [0.4, 0.5) is 0 Å². The fourth-order valence-corrected chi connectivity index (χ4v) is 2.19. The largest absolute Gasteiger partial charge is 0.267 e. The smallest absolute Gasteiger partial charge is 0.185 e. The Kier molecular flexibility index (Phi) is 2.92. The van der Waals surface area contributed by atoms with Gasteiger partial charge in [-0.25, -0.2) is 25.1 Å². The summed E-state index contributed by atoms with van der Waals surface area (Å²) in [7, 11) is 0. The van der Waals surface area contributed by atoms with E-state index >= 15 is 0 Å². The molecule has 0 saturated carbocycles. The lowest BCUT2D eigenvalue weighted by atomic mass is 10.2. The second-order valence-corrected chi connectivity index (χ2v) is 3.94. The molecule has 2 unspecified atom stereocenters. The lowest BCUT2D eigenvalue weighted by Crippen LogP contribution is -2.78. The van der Waals surface area contributed by atoms with Crippen molar-refractivity contribution in [2.24, 2.45) is 17.5 Å². The average Bonchev–Trinajstić information content (AvgIpc) is 2.23. The van der Waals surface area contributed by atoms with E-state index in [1.165, 1.54) is 15.0 Å². The van der Waals surface area contributed by atoms with E-state index in [0.29, 0.717) is 19.6 Å². The van der Waals surface area contributed by atoms with Gasteiger partial charge in [-0.2, -0.15) is 0 Å². The molecule has 0 bridgehead atoms. The molecule has 0 aromatic heterocycles. The van der Waals surface area contributed by atoms with Crippen molar-refractivity contribution in [2.45, 2.75) is 12.3 Å². The number of nitrogens with zero attached hydrogens (tertiary/aromatic N) is 5. The van der Waals surface area contributed by atoms with E-state index < -0.39 is 17.4 Å². The van der Waals surface area contributed by atoms with Crippen molar-refractivity contribution >= 4 is 0 Å². The number of fused-ring (bicyclic) bond motifs is 1. The average molecular weight is 232 g/mol. The van der Waals surface area contributed by atoms with Crippen molar-refractivity contribution in [1.29, 1.82) is 0 Å². The molecule has 10 heteroatoms. The highest BCUT2D eigenvalue weighted by Gasteiger charge is 2.48. The monoisotopic (exact) mass is 232 g/mol. The van der Waals surface area contributed by atoms with E-state index in [4.69, 9.17) is 17.5 Å². The van der Waals surface area contributed by atoms with Crippen LogP contribution in [-0.2, 0) is 0 Å². The van der Waals surface area contributed by atoms with Gasteiger partial charge < -0.3 is 0 Å². The van der Waals surface area contributed by atoms with Crippen molar-refractivity contribution < 1.29 is 5.03 Å². The zero-order valence-electron chi connectivity index (χ0n) is 8.77. The quantitative estimate of drug-likeness (QED) is 0.241. The standard InChI is InChI=1S/C6H16N8O2/c7-10-1-2-12(9)6-5(10)11(8)3-4-13(6)14(15)16/h5-6H,1-4,7-9H2. The first kappa shape index (κ1) is 11.4. The number of hydrogen-bond acceptors (Lipinski definition) is 8. The minimum Gasteiger partial charge on any atom is -0.267 e. The summed E-state index contributed by atoms with van der Waals surface area (Å²) in [6.45, 7) is 1.60. The first-order chi connectivity index (χ1) is 7.52. The van der Waals surface area contributed by atoms with Crippen LogP contribution in [0, 0.1) is 10.1 Å². The Labute approximate surface area is 92.1 Å². The Morgan fingerprint density at radius 2 is 1.38 bits per heavy atom. The molecule has 0 amide bonds. The number of hydrazine groups is 4. The molecule has 92 valence electrons. The molecular formula is C6H16N8O2. The number of nitro groups is 1. The van der Waals surface area contributed by atoms with Gasteiger partial charge in [-0.3, -0.25) is 17.5 Å². The second kappa shape index (κ2) is 4.08. The lowest BCUT2D eigenvalue weighted by Gasteiger charge is -2.50. The zero-order chi connectivity index (χ0) is 11.9. The number of rotatable bonds is 1. The van der Waals surface area contributed by atoms with Crippen molar-refractivity contribution in [3.05, 3.63) is 10.1 Å². The Balaban J connectivity index is 2.25. The van der Waals surface area contributed by atoms with Crippen molar-refractivity contribution in [3.63, 3.8) is 0 Å². The molecule has 0 aromatic carbocycles. The third-order valence-corrected chi connectivity index (χ3v) is 3.00. The molecule has 10 nitrogen and oxygen atoms in total. The molecule has 0 aromatic rings. The third kappa shape index (κ3) is 1.71. The molecule has 2 fully saturated rings. The van der Waals surface area contributed by atoms with Crippen LogP contribution in [-0.4, -0.2) is 63.6 Å². The van der Waals surface area contributed by atoms with Gasteiger partial charge in [-0.1, -0.05) is 0 Å². The fourth-order valence-electron chi connectivity index (χ4n) is 2.19. The van der Waals surface area contributed by atoms with Crippen LogP contribution in [0.5, 0.6) is 0 Å². The maximum Gasteiger partial charge on any atom is 0.185 e. The Bertz CT molecular complexity index is 284. The van der Waals surface area contributed by atoms with Gasteiger partial charge in [0.05, 0.1) is 6.54 Å². The molecule has 0 spiro atoms. The van der Waals surface area contributed by atoms with Crippen LogP contribution in [0.1, 0.15) is 0 Å². The highest BCUT2D eigenvalue weighted by atomic mass is 16.7. The first-order valence-electron chi connectivity index (χ1n) is 4.97. The summed E-state index contributed by atoms with van der Waals surface area (Å²) in [5, 5.41) is 15.9. The highest BCUT2D eigenvalue weighted by Crippen LogP contribution is 2.21. The molecule has 0 radical (unpaired) electrons. The minimum atomic E-state index is -0.618. The molecule has 0 aliphatic carbocycles. The maximum absolute atomic E-state index is 10.9. The van der Waals surface area contributed by atoms with E-state index in [1.54, 1.807) is 0 Å². The summed E-state index contributed by atoms with van der Waals surface area (Å²) in [5.74, 6) is 17.3. The summed E-state index contributed by atoms with van der Waals surface area (Å²) >= 11 is 0. The van der Waals surface area contributed by atoms with Gasteiger partial charge in [-0.15, -0.1) is 5.01 Å². The topological polar surface area (TPSA) is 134 Å². The molecule has 6 N–H and O–H groups in total. The highest BCUT2D eigenvalue weighted by molar-refractivity contribution is 4.87. The Morgan fingerprint density at radius 1 is 0.938 bits per heavy atom.